The van der Waals surface area contributed by atoms with Gasteiger partial charge in [-0.25, -0.2) is 9.50 Å². The van der Waals surface area contributed by atoms with Gasteiger partial charge in [0.05, 0.1) is 17.0 Å². The van der Waals surface area contributed by atoms with Gasteiger partial charge in [0.25, 0.3) is 5.91 Å². The van der Waals surface area contributed by atoms with Crippen LogP contribution in [0.15, 0.2) is 36.5 Å². The number of aromatic nitrogens is 3. The van der Waals surface area contributed by atoms with Crippen LogP contribution >= 0.6 is 11.6 Å². The maximum atomic E-state index is 12.8. The minimum Gasteiger partial charge on any atom is -0.352 e. The fraction of sp³-hybridized carbons (Fsp3) is 0.409. The van der Waals surface area contributed by atoms with Crippen molar-refractivity contribution >= 4 is 23.2 Å². The Morgan fingerprint density at radius 2 is 1.93 bits per heavy atom. The van der Waals surface area contributed by atoms with E-state index in [9.17, 15) is 4.79 Å². The van der Waals surface area contributed by atoms with Gasteiger partial charge in [0.2, 0.25) is 0 Å². The highest BCUT2D eigenvalue weighted by Gasteiger charge is 2.17. The van der Waals surface area contributed by atoms with Crippen molar-refractivity contribution in [2.75, 3.05) is 13.1 Å². The molecule has 0 fully saturated rings. The maximum absolute atomic E-state index is 12.8. The summed E-state index contributed by atoms with van der Waals surface area (Å²) in [5.41, 5.74) is 9.50. The molecule has 0 spiro atoms. The van der Waals surface area contributed by atoms with Crippen molar-refractivity contribution in [3.63, 3.8) is 0 Å². The SMILES string of the molecule is CCCc1c(C(=O)NCCCCCCN)cnc2cc(-c3ccc(Cl)cc3)nn12. The first-order valence-electron chi connectivity index (χ1n) is 10.3. The summed E-state index contributed by atoms with van der Waals surface area (Å²) in [5, 5.41) is 8.43. The first kappa shape index (κ1) is 21.3. The number of aryl methyl sites for hydroxylation is 1. The zero-order chi connectivity index (χ0) is 20.6. The topological polar surface area (TPSA) is 85.3 Å². The highest BCUT2D eigenvalue weighted by atomic mass is 35.5. The number of carbonyl (C=O) groups is 1. The van der Waals surface area contributed by atoms with Crippen LogP contribution in [0.5, 0.6) is 0 Å². The Bertz CT molecular complexity index is 952. The maximum Gasteiger partial charge on any atom is 0.254 e. The van der Waals surface area contributed by atoms with E-state index in [2.05, 4.69) is 17.2 Å². The molecule has 0 atom stereocenters. The van der Waals surface area contributed by atoms with Gasteiger partial charge in [-0.2, -0.15) is 5.10 Å². The fourth-order valence-corrected chi connectivity index (χ4v) is 3.46. The molecule has 1 amide bonds. The second-order valence-electron chi connectivity index (χ2n) is 7.13. The van der Waals surface area contributed by atoms with Crippen molar-refractivity contribution in [3.8, 4) is 11.3 Å². The van der Waals surface area contributed by atoms with Crippen LogP contribution in [0.3, 0.4) is 0 Å². The van der Waals surface area contributed by atoms with Crippen LogP contribution in [0.4, 0.5) is 0 Å². The predicted molar refractivity (Wildman–Crippen MR) is 117 cm³/mol. The number of benzene rings is 1. The molecule has 3 aromatic rings. The van der Waals surface area contributed by atoms with Gasteiger partial charge in [-0.15, -0.1) is 0 Å². The number of unbranched alkanes of at least 4 members (excludes halogenated alkanes) is 3. The van der Waals surface area contributed by atoms with E-state index in [1.54, 1.807) is 10.7 Å². The standard InChI is InChI=1S/C22H28ClN5O/c1-2-7-20-18(22(29)25-13-6-4-3-5-12-24)15-26-21-14-19(27-28(20)21)16-8-10-17(23)11-9-16/h8-11,14-15H,2-7,12-13,24H2,1H3,(H,25,29). The summed E-state index contributed by atoms with van der Waals surface area (Å²) in [7, 11) is 0. The molecule has 3 N–H and O–H groups in total. The largest absolute Gasteiger partial charge is 0.352 e. The predicted octanol–water partition coefficient (Wildman–Crippen LogP) is 4.25. The lowest BCUT2D eigenvalue weighted by molar-refractivity contribution is 0.0951. The molecule has 0 saturated heterocycles. The number of fused-ring (bicyclic) bond motifs is 1. The first-order chi connectivity index (χ1) is 14.1. The molecule has 0 bridgehead atoms. The Kier molecular flexibility index (Phi) is 7.61. The molecule has 6 nitrogen and oxygen atoms in total. The molecule has 1 aromatic carbocycles. The van der Waals surface area contributed by atoms with Crippen LogP contribution in [0, 0.1) is 0 Å². The molecule has 154 valence electrons. The number of hydrogen-bond acceptors (Lipinski definition) is 4. The summed E-state index contributed by atoms with van der Waals surface area (Å²) in [5.74, 6) is -0.0924. The van der Waals surface area contributed by atoms with Crippen LogP contribution in [0.1, 0.15) is 55.1 Å². The molecule has 7 heteroatoms. The van der Waals surface area contributed by atoms with Gasteiger partial charge in [-0.1, -0.05) is 49.9 Å². The zero-order valence-electron chi connectivity index (χ0n) is 16.8. The zero-order valence-corrected chi connectivity index (χ0v) is 17.6. The van der Waals surface area contributed by atoms with Gasteiger partial charge < -0.3 is 11.1 Å². The molecular formula is C22H28ClN5O. The molecule has 0 aliphatic heterocycles. The molecule has 2 heterocycles. The van der Waals surface area contributed by atoms with E-state index in [0.29, 0.717) is 17.1 Å². The van der Waals surface area contributed by atoms with Gasteiger partial charge in [0.1, 0.15) is 0 Å². The van der Waals surface area contributed by atoms with Crippen LogP contribution in [-0.4, -0.2) is 33.6 Å². The molecule has 0 saturated carbocycles. The van der Waals surface area contributed by atoms with Crippen molar-refractivity contribution in [1.29, 1.82) is 0 Å². The van der Waals surface area contributed by atoms with Crippen molar-refractivity contribution < 1.29 is 4.79 Å². The van der Waals surface area contributed by atoms with Gasteiger partial charge in [0.15, 0.2) is 5.65 Å². The lowest BCUT2D eigenvalue weighted by atomic mass is 10.1. The molecular weight excluding hydrogens is 386 g/mol. The highest BCUT2D eigenvalue weighted by Crippen LogP contribution is 2.23. The Balaban J connectivity index is 1.81. The molecule has 2 aromatic heterocycles. The van der Waals surface area contributed by atoms with Crippen LogP contribution in [-0.2, 0) is 6.42 Å². The average molecular weight is 414 g/mol. The number of hydrogen-bond donors (Lipinski definition) is 2. The normalized spacial score (nSPS) is 11.1. The van der Waals surface area contributed by atoms with E-state index in [1.165, 1.54) is 0 Å². The second kappa shape index (κ2) is 10.4. The Morgan fingerprint density at radius 1 is 1.17 bits per heavy atom. The quantitative estimate of drug-likeness (QED) is 0.486. The van der Waals surface area contributed by atoms with E-state index in [1.807, 2.05) is 30.3 Å². The molecule has 29 heavy (non-hydrogen) atoms. The number of amides is 1. The summed E-state index contributed by atoms with van der Waals surface area (Å²) < 4.78 is 1.80. The minimum absolute atomic E-state index is 0.0924. The minimum atomic E-state index is -0.0924. The van der Waals surface area contributed by atoms with Crippen LogP contribution in [0.25, 0.3) is 16.9 Å². The lowest BCUT2D eigenvalue weighted by Crippen LogP contribution is -2.27. The highest BCUT2D eigenvalue weighted by molar-refractivity contribution is 6.30. The van der Waals surface area contributed by atoms with Crippen LogP contribution in [0.2, 0.25) is 5.02 Å². The van der Waals surface area contributed by atoms with E-state index >= 15 is 0 Å². The van der Waals surface area contributed by atoms with E-state index in [4.69, 9.17) is 22.4 Å². The third-order valence-electron chi connectivity index (χ3n) is 4.87. The Hall–Kier alpha value is -2.44. The molecule has 0 aliphatic rings. The van der Waals surface area contributed by atoms with Crippen molar-refractivity contribution in [2.45, 2.75) is 45.4 Å². The average Bonchev–Trinajstić information content (AvgIpc) is 3.16. The van der Waals surface area contributed by atoms with Crippen molar-refractivity contribution in [1.82, 2.24) is 19.9 Å². The number of nitrogens with one attached hydrogen (secondary N) is 1. The van der Waals surface area contributed by atoms with Crippen molar-refractivity contribution in [3.05, 3.63) is 52.8 Å². The fourth-order valence-electron chi connectivity index (χ4n) is 3.33. The number of rotatable bonds is 10. The number of carbonyl (C=O) groups excluding carboxylic acids is 1. The number of halogens is 1. The van der Waals surface area contributed by atoms with Gasteiger partial charge in [-0.05, 0) is 37.9 Å². The molecule has 0 aliphatic carbocycles. The third-order valence-corrected chi connectivity index (χ3v) is 5.12. The lowest BCUT2D eigenvalue weighted by Gasteiger charge is -2.11. The Morgan fingerprint density at radius 3 is 2.66 bits per heavy atom. The number of nitrogens with two attached hydrogens (primary N) is 1. The summed E-state index contributed by atoms with van der Waals surface area (Å²) in [6.07, 6.45) is 7.48. The van der Waals surface area contributed by atoms with Crippen LogP contribution < -0.4 is 11.1 Å². The van der Waals surface area contributed by atoms with E-state index in [-0.39, 0.29) is 5.91 Å². The van der Waals surface area contributed by atoms with Crippen molar-refractivity contribution in [2.24, 2.45) is 5.73 Å². The molecule has 0 unspecified atom stereocenters. The second-order valence-corrected chi connectivity index (χ2v) is 7.57. The summed E-state index contributed by atoms with van der Waals surface area (Å²) in [4.78, 5) is 17.2. The first-order valence-corrected chi connectivity index (χ1v) is 10.6. The number of nitrogens with zero attached hydrogens (tertiary/aromatic N) is 3. The summed E-state index contributed by atoms with van der Waals surface area (Å²) >= 11 is 5.99. The van der Waals surface area contributed by atoms with E-state index in [0.717, 1.165) is 67.7 Å². The molecule has 3 rings (SSSR count). The smallest absolute Gasteiger partial charge is 0.254 e. The van der Waals surface area contributed by atoms with Gasteiger partial charge in [0, 0.05) is 29.4 Å². The monoisotopic (exact) mass is 413 g/mol. The van der Waals surface area contributed by atoms with Gasteiger partial charge >= 0.3 is 0 Å². The summed E-state index contributed by atoms with van der Waals surface area (Å²) in [6.45, 7) is 3.47. The van der Waals surface area contributed by atoms with E-state index < -0.39 is 0 Å². The molecule has 0 radical (unpaired) electrons. The Labute approximate surface area is 176 Å². The summed E-state index contributed by atoms with van der Waals surface area (Å²) in [6, 6.07) is 9.48. The van der Waals surface area contributed by atoms with Gasteiger partial charge in [-0.3, -0.25) is 4.79 Å². The third kappa shape index (κ3) is 5.34.